The molecule has 1 N–H and O–H groups in total. The molecule has 0 bridgehead atoms. The van der Waals surface area contributed by atoms with E-state index in [0.717, 1.165) is 36.6 Å². The minimum absolute atomic E-state index is 0.171. The fraction of sp³-hybridized carbons (Fsp3) is 0.769. The van der Waals surface area contributed by atoms with Crippen LogP contribution in [-0.4, -0.2) is 39.9 Å². The third-order valence-electron chi connectivity index (χ3n) is 7.70. The average molecular weight is 673 g/mol. The fourth-order valence-electron chi connectivity index (χ4n) is 4.10. The zero-order valence-electron chi connectivity index (χ0n) is 31.9. The number of ether oxygens (including phenoxy) is 2. The number of halogens is 3. The Kier molecular flexibility index (Phi) is 28.7. The van der Waals surface area contributed by atoms with E-state index in [0.29, 0.717) is 18.5 Å². The summed E-state index contributed by atoms with van der Waals surface area (Å²) in [6, 6.07) is 4.04. The molecule has 0 saturated heterocycles. The summed E-state index contributed by atoms with van der Waals surface area (Å²) >= 11 is 0. The Labute approximate surface area is 287 Å². The Morgan fingerprint density at radius 2 is 1.34 bits per heavy atom. The highest BCUT2D eigenvalue weighted by atomic mass is 19.2. The summed E-state index contributed by atoms with van der Waals surface area (Å²) in [6.45, 7) is 22.0. The third-order valence-corrected chi connectivity index (χ3v) is 7.70. The van der Waals surface area contributed by atoms with Crippen LogP contribution in [0.4, 0.5) is 13.2 Å². The van der Waals surface area contributed by atoms with Crippen LogP contribution in [0.5, 0.6) is 11.5 Å². The van der Waals surface area contributed by atoms with Crippen LogP contribution in [0.25, 0.3) is 5.69 Å². The molecular weight excluding hydrogens is 601 g/mol. The molecule has 47 heavy (non-hydrogen) atoms. The molecule has 2 aromatic rings. The van der Waals surface area contributed by atoms with Gasteiger partial charge in [0, 0.05) is 11.8 Å². The topological polar surface area (TPSA) is 56.5 Å². The van der Waals surface area contributed by atoms with Gasteiger partial charge in [-0.2, -0.15) is 9.49 Å². The van der Waals surface area contributed by atoms with Crippen LogP contribution in [0.2, 0.25) is 0 Å². The molecule has 5 nitrogen and oxygen atoms in total. The number of fused-ring (bicyclic) bond motifs is 1. The Hall–Kier alpha value is -2.22. The summed E-state index contributed by atoms with van der Waals surface area (Å²) in [5.74, 6) is 1.31. The van der Waals surface area contributed by atoms with E-state index in [2.05, 4.69) is 53.6 Å². The number of unbranched alkanes of at least 4 members (excludes halogenated alkanes) is 5. The van der Waals surface area contributed by atoms with Crippen molar-refractivity contribution < 1.29 is 27.8 Å². The van der Waals surface area contributed by atoms with Crippen molar-refractivity contribution >= 4 is 0 Å². The average Bonchev–Trinajstić information content (AvgIpc) is 3.61. The fourth-order valence-corrected chi connectivity index (χ4v) is 4.10. The summed E-state index contributed by atoms with van der Waals surface area (Å²) < 4.78 is 50.4. The molecule has 2 heterocycles. The van der Waals surface area contributed by atoms with Crippen LogP contribution in [-0.2, 0) is 0 Å². The van der Waals surface area contributed by atoms with Crippen molar-refractivity contribution in [1.29, 1.82) is 0 Å². The number of rotatable bonds is 15. The van der Waals surface area contributed by atoms with Crippen molar-refractivity contribution in [3.63, 3.8) is 0 Å². The van der Waals surface area contributed by atoms with Crippen molar-refractivity contribution in [3.8, 4) is 17.2 Å². The summed E-state index contributed by atoms with van der Waals surface area (Å²) in [4.78, 5) is 0. The van der Waals surface area contributed by atoms with Gasteiger partial charge in [-0.05, 0) is 50.8 Å². The molecule has 0 saturated carbocycles. The van der Waals surface area contributed by atoms with Crippen molar-refractivity contribution in [2.45, 2.75) is 184 Å². The van der Waals surface area contributed by atoms with Crippen molar-refractivity contribution in [3.05, 3.63) is 35.7 Å². The molecule has 0 radical (unpaired) electrons. The number of aliphatic hydroxyl groups excluding tert-OH is 1. The SMILES string of the molecule is CCCC.CCCC.CCCCC(F)C(O)CCC.CCCCCC(C)CC.Cc1cc(C)n(-c2ccc3c(c2)OC(F)(CF)O3)n1. The van der Waals surface area contributed by atoms with Gasteiger partial charge in [-0.15, -0.1) is 0 Å². The number of hydrogen-bond acceptors (Lipinski definition) is 4. The lowest BCUT2D eigenvalue weighted by atomic mass is 10.0. The second kappa shape index (κ2) is 28.8. The van der Waals surface area contributed by atoms with Crippen LogP contribution in [0.3, 0.4) is 0 Å². The minimum atomic E-state index is -2.71. The molecule has 8 heteroatoms. The van der Waals surface area contributed by atoms with E-state index in [1.54, 1.807) is 16.8 Å². The zero-order chi connectivity index (χ0) is 36.3. The normalized spacial score (nSPS) is 16.1. The molecule has 0 amide bonds. The van der Waals surface area contributed by atoms with Crippen LogP contribution in [0.1, 0.15) is 164 Å². The molecule has 4 atom stereocenters. The van der Waals surface area contributed by atoms with E-state index >= 15 is 0 Å². The molecule has 1 aromatic carbocycles. The molecule has 1 aliphatic rings. The molecule has 3 rings (SSSR count). The van der Waals surface area contributed by atoms with E-state index in [1.165, 1.54) is 63.9 Å². The summed E-state index contributed by atoms with van der Waals surface area (Å²) in [6.07, 6.45) is 14.4. The first kappa shape index (κ1) is 46.9. The monoisotopic (exact) mass is 673 g/mol. The standard InChI is InChI=1S/C13H12F2N2O2.C9H19FO.C9H20.2C4H10/c1-8-5-9(2)17(16-8)10-3-4-11-12(6-10)19-13(15,7-14)18-11;1-3-5-7-8(10)9(11)6-4-2;1-4-6-7-8-9(3)5-2;2*1-3-4-2/h3-6H,7H2,1-2H3;8-9,11H,3-7H2,1-2H3;9H,4-8H2,1-3H3;2*3-4H2,1-2H3. The van der Waals surface area contributed by atoms with Gasteiger partial charge in [0.1, 0.15) is 6.17 Å². The molecule has 4 unspecified atom stereocenters. The van der Waals surface area contributed by atoms with Gasteiger partial charge in [0.15, 0.2) is 11.5 Å². The van der Waals surface area contributed by atoms with Crippen molar-refractivity contribution in [1.82, 2.24) is 9.78 Å². The lowest BCUT2D eigenvalue weighted by Gasteiger charge is -2.13. The lowest BCUT2D eigenvalue weighted by molar-refractivity contribution is -0.199. The van der Waals surface area contributed by atoms with Gasteiger partial charge in [-0.3, -0.25) is 0 Å². The van der Waals surface area contributed by atoms with Crippen molar-refractivity contribution in [2.75, 3.05) is 6.67 Å². The summed E-state index contributed by atoms with van der Waals surface area (Å²) in [5.41, 5.74) is 2.52. The van der Waals surface area contributed by atoms with Gasteiger partial charge in [-0.25, -0.2) is 13.5 Å². The number of aromatic nitrogens is 2. The first-order valence-electron chi connectivity index (χ1n) is 18.5. The molecule has 1 aromatic heterocycles. The highest BCUT2D eigenvalue weighted by molar-refractivity contribution is 5.51. The number of alkyl halides is 3. The molecular formula is C39H71F3N2O3. The maximum absolute atomic E-state index is 13.6. The minimum Gasteiger partial charge on any atom is -0.421 e. The van der Waals surface area contributed by atoms with Crippen molar-refractivity contribution in [2.24, 2.45) is 5.92 Å². The second-order valence-electron chi connectivity index (χ2n) is 12.5. The largest absolute Gasteiger partial charge is 0.437 e. The molecule has 0 fully saturated rings. The van der Waals surface area contributed by atoms with Crippen LogP contribution >= 0.6 is 0 Å². The molecule has 1 aliphatic heterocycles. The van der Waals surface area contributed by atoms with Crippen LogP contribution in [0, 0.1) is 19.8 Å². The molecule has 0 spiro atoms. The van der Waals surface area contributed by atoms with Gasteiger partial charge in [0.2, 0.25) is 6.67 Å². The smallest absolute Gasteiger partial charge is 0.421 e. The Morgan fingerprint density at radius 1 is 0.766 bits per heavy atom. The van der Waals surface area contributed by atoms with Gasteiger partial charge in [-0.1, -0.05) is 139 Å². The number of aliphatic hydroxyl groups is 1. The van der Waals surface area contributed by atoms with E-state index in [1.807, 2.05) is 33.8 Å². The number of aryl methyl sites for hydroxylation is 2. The maximum atomic E-state index is 13.6. The van der Waals surface area contributed by atoms with Gasteiger partial charge in [0.05, 0.1) is 17.5 Å². The highest BCUT2D eigenvalue weighted by Crippen LogP contribution is 2.41. The first-order chi connectivity index (χ1) is 22.4. The van der Waals surface area contributed by atoms with Crippen LogP contribution < -0.4 is 9.47 Å². The van der Waals surface area contributed by atoms with Gasteiger partial charge < -0.3 is 14.6 Å². The maximum Gasteiger partial charge on any atom is 0.437 e. The molecule has 276 valence electrons. The summed E-state index contributed by atoms with van der Waals surface area (Å²) in [7, 11) is 0. The van der Waals surface area contributed by atoms with Gasteiger partial charge >= 0.3 is 6.04 Å². The highest BCUT2D eigenvalue weighted by Gasteiger charge is 2.42. The summed E-state index contributed by atoms with van der Waals surface area (Å²) in [5, 5.41) is 13.5. The predicted octanol–water partition coefficient (Wildman–Crippen LogP) is 12.8. The predicted molar refractivity (Wildman–Crippen MR) is 194 cm³/mol. The number of nitrogens with zero attached hydrogens (tertiary/aromatic N) is 2. The zero-order valence-corrected chi connectivity index (χ0v) is 31.9. The van der Waals surface area contributed by atoms with E-state index in [9.17, 15) is 13.2 Å². The van der Waals surface area contributed by atoms with E-state index in [-0.39, 0.29) is 11.5 Å². The Morgan fingerprint density at radius 3 is 1.79 bits per heavy atom. The van der Waals surface area contributed by atoms with E-state index < -0.39 is 25.0 Å². The van der Waals surface area contributed by atoms with Gasteiger partial charge in [0.25, 0.3) is 0 Å². The van der Waals surface area contributed by atoms with E-state index in [4.69, 9.17) is 14.6 Å². The first-order valence-corrected chi connectivity index (χ1v) is 18.5. The quantitative estimate of drug-likeness (QED) is 0.191. The Balaban J connectivity index is 0. The third kappa shape index (κ3) is 21.4. The lowest BCUT2D eigenvalue weighted by Crippen LogP contribution is -2.35. The molecule has 0 aliphatic carbocycles. The number of benzene rings is 1. The second-order valence-corrected chi connectivity index (χ2v) is 12.5. The number of hydrogen-bond donors (Lipinski definition) is 1. The van der Waals surface area contributed by atoms with Crippen LogP contribution in [0.15, 0.2) is 24.3 Å². The Bertz CT molecular complexity index is 996.